The van der Waals surface area contributed by atoms with Crippen molar-refractivity contribution in [3.05, 3.63) is 48.5 Å². The summed E-state index contributed by atoms with van der Waals surface area (Å²) in [4.78, 5) is 13.7. The molecule has 0 aliphatic carbocycles. The number of hydrogen-bond acceptors (Lipinski definition) is 5. The molecule has 0 aliphatic heterocycles. The van der Waals surface area contributed by atoms with Gasteiger partial charge in [0.1, 0.15) is 5.69 Å². The van der Waals surface area contributed by atoms with Crippen LogP contribution >= 0.6 is 0 Å². The number of aromatic nitrogens is 4. The lowest BCUT2D eigenvalue weighted by Crippen LogP contribution is -1.97. The number of carboxylic acids is 1. The molecular weight excluding hydrogens is 196 g/mol. The highest BCUT2D eigenvalue weighted by molar-refractivity contribution is 5.85. The van der Waals surface area contributed by atoms with E-state index >= 15 is 0 Å². The maximum atomic E-state index is 10.1. The van der Waals surface area contributed by atoms with Gasteiger partial charge >= 0.3 is 5.97 Å². The van der Waals surface area contributed by atoms with Gasteiger partial charge in [0.2, 0.25) is 0 Å². The molecule has 0 atom stereocenters. The molecular formula is C9H8N4O2. The second-order valence-electron chi connectivity index (χ2n) is 2.33. The standard InChI is InChI=1S/C6H5NO2.C3H3N3/c8-6(9)5-3-1-2-4-7-5;1-2-4-6-5-3-1/h1-4H,(H,8,9);1-3H. The fourth-order valence-electron chi connectivity index (χ4n) is 0.694. The first-order valence-electron chi connectivity index (χ1n) is 4.03. The first-order valence-corrected chi connectivity index (χ1v) is 4.03. The summed E-state index contributed by atoms with van der Waals surface area (Å²) in [7, 11) is 0. The van der Waals surface area contributed by atoms with Crippen molar-refractivity contribution in [3.8, 4) is 0 Å². The summed E-state index contributed by atoms with van der Waals surface area (Å²) in [6.45, 7) is 0. The van der Waals surface area contributed by atoms with E-state index in [9.17, 15) is 4.79 Å². The molecule has 0 amide bonds. The number of rotatable bonds is 1. The van der Waals surface area contributed by atoms with Crippen LogP contribution < -0.4 is 0 Å². The SMILES string of the molecule is O=C(O)c1ccccn1.c1cnnnc1. The minimum absolute atomic E-state index is 0.0810. The highest BCUT2D eigenvalue weighted by Gasteiger charge is 1.98. The van der Waals surface area contributed by atoms with E-state index in [2.05, 4.69) is 20.4 Å². The molecule has 2 aromatic heterocycles. The molecule has 0 bridgehead atoms. The van der Waals surface area contributed by atoms with Crippen molar-refractivity contribution in [1.82, 2.24) is 20.4 Å². The Balaban J connectivity index is 0.000000162. The van der Waals surface area contributed by atoms with E-state index in [0.29, 0.717) is 0 Å². The lowest BCUT2D eigenvalue weighted by Gasteiger charge is -1.87. The Hall–Kier alpha value is -2.37. The van der Waals surface area contributed by atoms with Crippen molar-refractivity contribution in [2.45, 2.75) is 0 Å². The molecule has 2 heterocycles. The van der Waals surface area contributed by atoms with E-state index < -0.39 is 5.97 Å². The third-order valence-corrected chi connectivity index (χ3v) is 1.29. The third kappa shape index (κ3) is 4.41. The van der Waals surface area contributed by atoms with Gasteiger partial charge in [0, 0.05) is 6.20 Å². The van der Waals surface area contributed by atoms with E-state index in [1.165, 1.54) is 12.3 Å². The number of hydrogen-bond donors (Lipinski definition) is 1. The van der Waals surface area contributed by atoms with Gasteiger partial charge in [-0.1, -0.05) is 6.07 Å². The number of pyridine rings is 1. The van der Waals surface area contributed by atoms with Gasteiger partial charge < -0.3 is 5.11 Å². The summed E-state index contributed by atoms with van der Waals surface area (Å²) in [5.74, 6) is -0.990. The topological polar surface area (TPSA) is 88.9 Å². The molecule has 2 aromatic rings. The third-order valence-electron chi connectivity index (χ3n) is 1.29. The molecule has 0 saturated heterocycles. The van der Waals surface area contributed by atoms with Crippen molar-refractivity contribution in [1.29, 1.82) is 0 Å². The average Bonchev–Trinajstić information content (AvgIpc) is 2.33. The number of carboxylic acid groups (broad SMARTS) is 1. The summed E-state index contributed by atoms with van der Waals surface area (Å²) in [6.07, 6.45) is 4.60. The molecule has 0 radical (unpaired) electrons. The Morgan fingerprint density at radius 1 is 1.07 bits per heavy atom. The van der Waals surface area contributed by atoms with Gasteiger partial charge in [-0.25, -0.2) is 9.78 Å². The first-order chi connectivity index (χ1) is 7.30. The van der Waals surface area contributed by atoms with E-state index in [0.717, 1.165) is 0 Å². The van der Waals surface area contributed by atoms with Gasteiger partial charge in [0.25, 0.3) is 0 Å². The highest BCUT2D eigenvalue weighted by atomic mass is 16.4. The molecule has 0 fully saturated rings. The Bertz CT molecular complexity index is 367. The van der Waals surface area contributed by atoms with Gasteiger partial charge in [0.05, 0.1) is 12.4 Å². The predicted molar refractivity (Wildman–Crippen MR) is 51.0 cm³/mol. The zero-order valence-corrected chi connectivity index (χ0v) is 7.69. The molecule has 1 N–H and O–H groups in total. The Kier molecular flexibility index (Phi) is 4.38. The molecule has 15 heavy (non-hydrogen) atoms. The predicted octanol–water partition coefficient (Wildman–Crippen LogP) is 0.651. The maximum absolute atomic E-state index is 10.1. The quantitative estimate of drug-likeness (QED) is 0.733. The fraction of sp³-hybridized carbons (Fsp3) is 0. The van der Waals surface area contributed by atoms with E-state index in [1.54, 1.807) is 30.6 Å². The van der Waals surface area contributed by atoms with Gasteiger partial charge in [-0.3, -0.25) is 0 Å². The Morgan fingerprint density at radius 2 is 1.80 bits per heavy atom. The zero-order chi connectivity index (χ0) is 10.9. The van der Waals surface area contributed by atoms with Crippen LogP contribution in [0.5, 0.6) is 0 Å². The van der Waals surface area contributed by atoms with Crippen LogP contribution in [0.15, 0.2) is 42.9 Å². The van der Waals surface area contributed by atoms with Crippen LogP contribution in [0.25, 0.3) is 0 Å². The monoisotopic (exact) mass is 204 g/mol. The van der Waals surface area contributed by atoms with E-state index in [-0.39, 0.29) is 5.69 Å². The molecule has 6 nitrogen and oxygen atoms in total. The Labute approximate surface area is 85.6 Å². The van der Waals surface area contributed by atoms with Crippen molar-refractivity contribution < 1.29 is 9.90 Å². The minimum Gasteiger partial charge on any atom is -0.477 e. The molecule has 2 rings (SSSR count). The molecule has 6 heteroatoms. The summed E-state index contributed by atoms with van der Waals surface area (Å²) in [5.41, 5.74) is 0.0810. The van der Waals surface area contributed by atoms with Crippen LogP contribution in [0.2, 0.25) is 0 Å². The van der Waals surface area contributed by atoms with E-state index in [4.69, 9.17) is 5.11 Å². The zero-order valence-electron chi connectivity index (χ0n) is 7.69. The van der Waals surface area contributed by atoms with Crippen molar-refractivity contribution in [2.24, 2.45) is 0 Å². The first kappa shape index (κ1) is 10.7. The number of aromatic carboxylic acids is 1. The van der Waals surface area contributed by atoms with Crippen LogP contribution in [-0.2, 0) is 0 Å². The molecule has 0 aromatic carbocycles. The molecule has 0 spiro atoms. The van der Waals surface area contributed by atoms with Gasteiger partial charge in [0.15, 0.2) is 0 Å². The lowest BCUT2D eigenvalue weighted by atomic mass is 10.4. The second-order valence-corrected chi connectivity index (χ2v) is 2.33. The highest BCUT2D eigenvalue weighted by Crippen LogP contribution is 1.90. The Morgan fingerprint density at radius 3 is 2.07 bits per heavy atom. The smallest absolute Gasteiger partial charge is 0.354 e. The van der Waals surface area contributed by atoms with Crippen LogP contribution in [0.3, 0.4) is 0 Å². The minimum atomic E-state index is -0.990. The maximum Gasteiger partial charge on any atom is 0.354 e. The normalized spacial score (nSPS) is 8.53. The van der Waals surface area contributed by atoms with Crippen LogP contribution in [0.4, 0.5) is 0 Å². The largest absolute Gasteiger partial charge is 0.477 e. The van der Waals surface area contributed by atoms with Crippen molar-refractivity contribution in [3.63, 3.8) is 0 Å². The summed E-state index contributed by atoms with van der Waals surface area (Å²) >= 11 is 0. The van der Waals surface area contributed by atoms with Crippen molar-refractivity contribution in [2.75, 3.05) is 0 Å². The number of nitrogens with zero attached hydrogens (tertiary/aromatic N) is 4. The molecule has 76 valence electrons. The molecule has 0 saturated carbocycles. The molecule has 0 aliphatic rings. The van der Waals surface area contributed by atoms with Crippen LogP contribution in [-0.4, -0.2) is 31.5 Å². The second kappa shape index (κ2) is 6.14. The molecule has 0 unspecified atom stereocenters. The average molecular weight is 204 g/mol. The van der Waals surface area contributed by atoms with Crippen LogP contribution in [0, 0.1) is 0 Å². The van der Waals surface area contributed by atoms with Crippen LogP contribution in [0.1, 0.15) is 10.5 Å². The van der Waals surface area contributed by atoms with Gasteiger partial charge in [-0.2, -0.15) is 0 Å². The van der Waals surface area contributed by atoms with Crippen molar-refractivity contribution >= 4 is 5.97 Å². The lowest BCUT2D eigenvalue weighted by molar-refractivity contribution is 0.0690. The summed E-state index contributed by atoms with van der Waals surface area (Å²) in [6, 6.07) is 6.47. The summed E-state index contributed by atoms with van der Waals surface area (Å²) < 4.78 is 0. The van der Waals surface area contributed by atoms with Gasteiger partial charge in [-0.15, -0.1) is 10.2 Å². The fourth-order valence-corrected chi connectivity index (χ4v) is 0.694. The van der Waals surface area contributed by atoms with E-state index in [1.807, 2.05) is 0 Å². The number of carbonyl (C=O) groups is 1. The van der Waals surface area contributed by atoms with Gasteiger partial charge in [-0.05, 0) is 23.4 Å². The summed E-state index contributed by atoms with van der Waals surface area (Å²) in [5, 5.41) is 18.5.